The van der Waals surface area contributed by atoms with Gasteiger partial charge in [0.15, 0.2) is 0 Å². The maximum atomic E-state index is 5.78. The molecule has 0 saturated heterocycles. The lowest BCUT2D eigenvalue weighted by Gasteiger charge is -2.17. The van der Waals surface area contributed by atoms with Crippen LogP contribution in [0.5, 0.6) is 0 Å². The minimum Gasteiger partial charge on any atom is -0.380 e. The van der Waals surface area contributed by atoms with Gasteiger partial charge < -0.3 is 9.64 Å². The van der Waals surface area contributed by atoms with Crippen LogP contribution in [0.4, 0.5) is 0 Å². The third-order valence-corrected chi connectivity index (χ3v) is 4.90. The van der Waals surface area contributed by atoms with Crippen molar-refractivity contribution in [3.8, 4) is 0 Å². The number of rotatable bonds is 10. The van der Waals surface area contributed by atoms with E-state index in [1.165, 1.54) is 27.8 Å². The van der Waals surface area contributed by atoms with Crippen LogP contribution in [0.1, 0.15) is 41.7 Å². The highest BCUT2D eigenvalue weighted by molar-refractivity contribution is 5.35. The van der Waals surface area contributed by atoms with Crippen LogP contribution in [0.15, 0.2) is 42.5 Å². The van der Waals surface area contributed by atoms with Gasteiger partial charge >= 0.3 is 0 Å². The first-order valence-electron chi connectivity index (χ1n) is 9.56. The SMILES string of the molecule is CCN(CC)CCOCCc1ccc(Cc2cc(C)ccc2C)cc1. The van der Waals surface area contributed by atoms with Gasteiger partial charge in [0.1, 0.15) is 0 Å². The number of ether oxygens (including phenoxy) is 1. The Bertz CT molecular complexity index is 629. The average Bonchev–Trinajstić information content (AvgIpc) is 2.62. The molecule has 0 radical (unpaired) electrons. The maximum absolute atomic E-state index is 5.78. The van der Waals surface area contributed by atoms with Gasteiger partial charge in [0.05, 0.1) is 13.2 Å². The van der Waals surface area contributed by atoms with E-state index in [9.17, 15) is 0 Å². The second-order valence-corrected chi connectivity index (χ2v) is 6.81. The van der Waals surface area contributed by atoms with Crippen molar-refractivity contribution in [3.05, 3.63) is 70.3 Å². The first kappa shape index (κ1) is 19.7. The number of benzene rings is 2. The van der Waals surface area contributed by atoms with Gasteiger partial charge in [0.2, 0.25) is 0 Å². The molecular weight excluding hydrogens is 306 g/mol. The quantitative estimate of drug-likeness (QED) is 0.577. The molecule has 0 amide bonds. The van der Waals surface area contributed by atoms with Crippen molar-refractivity contribution in [2.45, 2.75) is 40.5 Å². The molecule has 0 fully saturated rings. The molecule has 2 nitrogen and oxygen atoms in total. The van der Waals surface area contributed by atoms with E-state index in [1.54, 1.807) is 0 Å². The molecule has 0 aliphatic carbocycles. The molecule has 2 aromatic rings. The lowest BCUT2D eigenvalue weighted by Crippen LogP contribution is -2.27. The van der Waals surface area contributed by atoms with Gasteiger partial charge in [-0.2, -0.15) is 0 Å². The average molecular weight is 340 g/mol. The molecule has 0 atom stereocenters. The van der Waals surface area contributed by atoms with Crippen molar-refractivity contribution in [3.63, 3.8) is 0 Å². The molecule has 0 bridgehead atoms. The molecule has 2 rings (SSSR count). The lowest BCUT2D eigenvalue weighted by molar-refractivity contribution is 0.109. The van der Waals surface area contributed by atoms with Crippen molar-refractivity contribution in [1.29, 1.82) is 0 Å². The summed E-state index contributed by atoms with van der Waals surface area (Å²) in [5.74, 6) is 0. The highest BCUT2D eigenvalue weighted by Gasteiger charge is 2.02. The summed E-state index contributed by atoms with van der Waals surface area (Å²) in [6.07, 6.45) is 2.00. The van der Waals surface area contributed by atoms with Gasteiger partial charge in [-0.1, -0.05) is 61.9 Å². The van der Waals surface area contributed by atoms with Crippen molar-refractivity contribution < 1.29 is 4.74 Å². The molecule has 0 aromatic heterocycles. The summed E-state index contributed by atoms with van der Waals surface area (Å²) < 4.78 is 5.78. The summed E-state index contributed by atoms with van der Waals surface area (Å²) in [5, 5.41) is 0. The third kappa shape index (κ3) is 6.64. The predicted octanol–water partition coefficient (Wildman–Crippen LogP) is 4.80. The summed E-state index contributed by atoms with van der Waals surface area (Å²) in [6, 6.07) is 15.7. The first-order chi connectivity index (χ1) is 12.1. The van der Waals surface area contributed by atoms with Gasteiger partial charge in [-0.3, -0.25) is 0 Å². The van der Waals surface area contributed by atoms with E-state index in [4.69, 9.17) is 4.74 Å². The van der Waals surface area contributed by atoms with E-state index in [0.29, 0.717) is 0 Å². The number of aryl methyl sites for hydroxylation is 2. The molecule has 0 heterocycles. The van der Waals surface area contributed by atoms with Crippen LogP contribution >= 0.6 is 0 Å². The second kappa shape index (κ2) is 10.4. The third-order valence-electron chi connectivity index (χ3n) is 4.90. The van der Waals surface area contributed by atoms with E-state index >= 15 is 0 Å². The summed E-state index contributed by atoms with van der Waals surface area (Å²) in [7, 11) is 0. The second-order valence-electron chi connectivity index (χ2n) is 6.81. The Labute approximate surface area is 153 Å². The Morgan fingerprint density at radius 1 is 0.840 bits per heavy atom. The monoisotopic (exact) mass is 339 g/mol. The summed E-state index contributed by atoms with van der Waals surface area (Å²) in [4.78, 5) is 2.39. The number of likely N-dealkylation sites (N-methyl/N-ethyl adjacent to an activating group) is 1. The zero-order chi connectivity index (χ0) is 18.1. The minimum absolute atomic E-state index is 0.803. The van der Waals surface area contributed by atoms with Gasteiger partial charge in [0, 0.05) is 6.54 Å². The van der Waals surface area contributed by atoms with Crippen LogP contribution < -0.4 is 0 Å². The van der Waals surface area contributed by atoms with Crippen LogP contribution in [-0.4, -0.2) is 37.7 Å². The van der Waals surface area contributed by atoms with E-state index < -0.39 is 0 Å². The predicted molar refractivity (Wildman–Crippen MR) is 107 cm³/mol. The van der Waals surface area contributed by atoms with Gasteiger partial charge in [-0.05, 0) is 62.0 Å². The van der Waals surface area contributed by atoms with Crippen LogP contribution in [0, 0.1) is 13.8 Å². The molecule has 0 aliphatic rings. The van der Waals surface area contributed by atoms with Crippen LogP contribution in [-0.2, 0) is 17.6 Å². The fourth-order valence-electron chi connectivity index (χ4n) is 3.06. The van der Waals surface area contributed by atoms with Crippen molar-refractivity contribution in [2.24, 2.45) is 0 Å². The molecule has 136 valence electrons. The molecule has 0 unspecified atom stereocenters. The zero-order valence-corrected chi connectivity index (χ0v) is 16.3. The van der Waals surface area contributed by atoms with Crippen molar-refractivity contribution in [1.82, 2.24) is 4.90 Å². The zero-order valence-electron chi connectivity index (χ0n) is 16.3. The summed E-state index contributed by atoms with van der Waals surface area (Å²) in [6.45, 7) is 13.6. The van der Waals surface area contributed by atoms with Crippen molar-refractivity contribution >= 4 is 0 Å². The summed E-state index contributed by atoms with van der Waals surface area (Å²) >= 11 is 0. The molecule has 0 N–H and O–H groups in total. The smallest absolute Gasteiger partial charge is 0.0593 e. The van der Waals surface area contributed by atoms with E-state index in [2.05, 4.69) is 75.1 Å². The van der Waals surface area contributed by atoms with Gasteiger partial charge in [0.25, 0.3) is 0 Å². The van der Waals surface area contributed by atoms with Crippen LogP contribution in [0.2, 0.25) is 0 Å². The fourth-order valence-corrected chi connectivity index (χ4v) is 3.06. The Morgan fingerprint density at radius 3 is 2.20 bits per heavy atom. The first-order valence-corrected chi connectivity index (χ1v) is 9.56. The van der Waals surface area contributed by atoms with E-state index in [-0.39, 0.29) is 0 Å². The normalized spacial score (nSPS) is 11.2. The Kier molecular flexibility index (Phi) is 8.17. The summed E-state index contributed by atoms with van der Waals surface area (Å²) in [5.41, 5.74) is 6.86. The fraction of sp³-hybridized carbons (Fsp3) is 0.478. The molecule has 25 heavy (non-hydrogen) atoms. The molecule has 2 aromatic carbocycles. The standard InChI is InChI=1S/C23H33NO/c1-5-24(6-2)14-16-25-15-13-21-9-11-22(12-10-21)18-23-17-19(3)7-8-20(23)4/h7-12,17H,5-6,13-16,18H2,1-4H3. The number of hydrogen-bond donors (Lipinski definition) is 0. The molecule has 2 heteroatoms. The largest absolute Gasteiger partial charge is 0.380 e. The Hall–Kier alpha value is -1.64. The van der Waals surface area contributed by atoms with Crippen molar-refractivity contribution in [2.75, 3.05) is 32.8 Å². The van der Waals surface area contributed by atoms with Gasteiger partial charge in [-0.15, -0.1) is 0 Å². The maximum Gasteiger partial charge on any atom is 0.0593 e. The van der Waals surface area contributed by atoms with E-state index in [1.807, 2.05) is 0 Å². The topological polar surface area (TPSA) is 12.5 Å². The highest BCUT2D eigenvalue weighted by atomic mass is 16.5. The molecule has 0 spiro atoms. The lowest BCUT2D eigenvalue weighted by atomic mass is 9.98. The van der Waals surface area contributed by atoms with E-state index in [0.717, 1.165) is 45.7 Å². The van der Waals surface area contributed by atoms with Crippen LogP contribution in [0.25, 0.3) is 0 Å². The molecule has 0 aliphatic heterocycles. The molecule has 0 saturated carbocycles. The van der Waals surface area contributed by atoms with Gasteiger partial charge in [-0.25, -0.2) is 0 Å². The Balaban J connectivity index is 1.77. The highest BCUT2D eigenvalue weighted by Crippen LogP contribution is 2.16. The number of nitrogens with zero attached hydrogens (tertiary/aromatic N) is 1. The minimum atomic E-state index is 0.803. The van der Waals surface area contributed by atoms with Crippen LogP contribution in [0.3, 0.4) is 0 Å². The Morgan fingerprint density at radius 2 is 1.52 bits per heavy atom. The molecular formula is C23H33NO. The number of hydrogen-bond acceptors (Lipinski definition) is 2.